The lowest BCUT2D eigenvalue weighted by molar-refractivity contribution is 0.348. The molecule has 0 atom stereocenters. The van der Waals surface area contributed by atoms with Gasteiger partial charge in [-0.1, -0.05) is 0 Å². The predicted octanol–water partition coefficient (Wildman–Crippen LogP) is 0.543. The van der Waals surface area contributed by atoms with Crippen molar-refractivity contribution in [2.45, 2.75) is 0 Å². The molecule has 13 heteroatoms. The molecule has 0 spiro atoms. The third-order valence-electron chi connectivity index (χ3n) is 5.00. The number of rotatable bonds is 1. The molecule has 0 saturated heterocycles. The molecule has 1 heterocycles. The van der Waals surface area contributed by atoms with E-state index >= 15 is 0 Å². The number of phenolic OH excluding ortho intramolecular Hbond substituents is 11. The molecule has 0 saturated carbocycles. The number of phenols is 11. The van der Waals surface area contributed by atoms with Crippen LogP contribution in [0.5, 0.6) is 63.2 Å². The molecule has 0 amide bonds. The first-order valence-corrected chi connectivity index (χ1v) is 8.25. The minimum atomic E-state index is -1.24. The quantitative estimate of drug-likeness (QED) is 0.113. The van der Waals surface area contributed by atoms with Gasteiger partial charge in [0.25, 0.3) is 0 Å². The van der Waals surface area contributed by atoms with E-state index < -0.39 is 102 Å². The van der Waals surface area contributed by atoms with Gasteiger partial charge in [0.05, 0.1) is 27.4 Å². The lowest BCUT2D eigenvalue weighted by atomic mass is 9.83. The van der Waals surface area contributed by atoms with Crippen molar-refractivity contribution in [3.63, 3.8) is 0 Å². The van der Waals surface area contributed by atoms with Crippen LogP contribution < -0.4 is 5.46 Å². The first kappa shape index (κ1) is 19.6. The molecular formula is C18H12BNO11. The number of aromatic hydroxyl groups is 11. The zero-order chi connectivity index (χ0) is 23.1. The van der Waals surface area contributed by atoms with Crippen LogP contribution in [-0.2, 0) is 0 Å². The van der Waals surface area contributed by atoms with Crippen molar-refractivity contribution in [1.82, 2.24) is 4.98 Å². The molecular weight excluding hydrogens is 417 g/mol. The Morgan fingerprint density at radius 1 is 0.387 bits per heavy atom. The Balaban J connectivity index is 2.36. The van der Waals surface area contributed by atoms with Crippen LogP contribution in [-0.4, -0.2) is 69.0 Å². The third-order valence-corrected chi connectivity index (χ3v) is 5.00. The van der Waals surface area contributed by atoms with Crippen LogP contribution >= 0.6 is 0 Å². The van der Waals surface area contributed by atoms with E-state index in [4.69, 9.17) is 7.85 Å². The molecule has 0 aliphatic rings. The summed E-state index contributed by atoms with van der Waals surface area (Å²) in [5.74, 6) is -12.4. The van der Waals surface area contributed by atoms with Gasteiger partial charge in [-0.15, -0.1) is 0 Å². The van der Waals surface area contributed by atoms with Crippen molar-refractivity contribution < 1.29 is 56.2 Å². The summed E-state index contributed by atoms with van der Waals surface area (Å²) in [6, 6.07) is 0. The molecule has 12 nitrogen and oxygen atoms in total. The number of hydrogen-bond acceptors (Lipinski definition) is 11. The summed E-state index contributed by atoms with van der Waals surface area (Å²) in [5.41, 5.74) is -3.06. The maximum atomic E-state index is 10.5. The van der Waals surface area contributed by atoms with E-state index in [1.54, 1.807) is 0 Å². The maximum Gasteiger partial charge on any atom is 0.206 e. The van der Waals surface area contributed by atoms with Crippen LogP contribution in [0.4, 0.5) is 0 Å². The number of hydrogen-bond donors (Lipinski definition) is 12. The Bertz CT molecular complexity index is 1430. The topological polar surface area (TPSA) is 238 Å². The van der Waals surface area contributed by atoms with Gasteiger partial charge >= 0.3 is 0 Å². The highest BCUT2D eigenvalue weighted by atomic mass is 16.4. The third kappa shape index (κ3) is 2.19. The molecule has 158 valence electrons. The van der Waals surface area contributed by atoms with Crippen LogP contribution in [0.2, 0.25) is 0 Å². The fourth-order valence-electron chi connectivity index (χ4n) is 3.48. The van der Waals surface area contributed by atoms with Gasteiger partial charge in [-0.25, -0.2) is 0 Å². The van der Waals surface area contributed by atoms with Crippen molar-refractivity contribution in [1.29, 1.82) is 0 Å². The molecule has 4 rings (SSSR count). The van der Waals surface area contributed by atoms with Gasteiger partial charge in [0.1, 0.15) is 7.85 Å². The second-order valence-electron chi connectivity index (χ2n) is 6.62. The highest BCUT2D eigenvalue weighted by molar-refractivity contribution is 6.40. The van der Waals surface area contributed by atoms with Gasteiger partial charge in [0.2, 0.25) is 28.7 Å². The van der Waals surface area contributed by atoms with Crippen molar-refractivity contribution >= 4 is 35.1 Å². The summed E-state index contributed by atoms with van der Waals surface area (Å²) >= 11 is 0. The number of H-pyrrole nitrogens is 1. The predicted molar refractivity (Wildman–Crippen MR) is 105 cm³/mol. The maximum absolute atomic E-state index is 10.5. The van der Waals surface area contributed by atoms with E-state index in [1.165, 1.54) is 0 Å². The van der Waals surface area contributed by atoms with Gasteiger partial charge in [-0.05, 0) is 5.46 Å². The van der Waals surface area contributed by atoms with Gasteiger partial charge in [0.15, 0.2) is 34.5 Å². The van der Waals surface area contributed by atoms with Gasteiger partial charge in [-0.2, -0.15) is 0 Å². The fraction of sp³-hybridized carbons (Fsp3) is 0. The van der Waals surface area contributed by atoms with Crippen LogP contribution in [0.1, 0.15) is 0 Å². The summed E-state index contributed by atoms with van der Waals surface area (Å²) in [7, 11) is 5.71. The van der Waals surface area contributed by atoms with Crippen LogP contribution in [0.3, 0.4) is 0 Å². The molecule has 3 aromatic carbocycles. The van der Waals surface area contributed by atoms with Crippen molar-refractivity contribution in [3.8, 4) is 74.4 Å². The molecule has 2 radical (unpaired) electrons. The summed E-state index contributed by atoms with van der Waals surface area (Å²) in [6.45, 7) is 0. The summed E-state index contributed by atoms with van der Waals surface area (Å²) in [4.78, 5) is 2.43. The van der Waals surface area contributed by atoms with Crippen LogP contribution in [0.25, 0.3) is 32.9 Å². The Labute approximate surface area is 171 Å². The van der Waals surface area contributed by atoms with Crippen LogP contribution in [0, 0.1) is 0 Å². The summed E-state index contributed by atoms with van der Waals surface area (Å²) in [5, 5.41) is 110. The smallest absolute Gasteiger partial charge is 0.206 e. The van der Waals surface area contributed by atoms with Gasteiger partial charge in [0, 0.05) is 5.56 Å². The second-order valence-corrected chi connectivity index (χ2v) is 6.62. The number of benzene rings is 3. The highest BCUT2D eigenvalue weighted by Crippen LogP contribution is 2.58. The van der Waals surface area contributed by atoms with Crippen molar-refractivity contribution in [2.75, 3.05) is 0 Å². The first-order chi connectivity index (χ1) is 14.4. The number of aromatic nitrogens is 1. The first-order valence-electron chi connectivity index (χ1n) is 8.25. The van der Waals surface area contributed by atoms with Gasteiger partial charge in [-0.3, -0.25) is 0 Å². The standard InChI is InChI=1S/C18H12BNO11/c19-5-1(8(21)15(28)17(30)12(5)25)2-6-3(10(23)14(27)9(2)22)4-7(20-6)13(26)18(31)16(29)11(4)24/h20-31H. The fourth-order valence-corrected chi connectivity index (χ4v) is 3.48. The zero-order valence-corrected chi connectivity index (χ0v) is 15.0. The molecule has 0 aliphatic heterocycles. The highest BCUT2D eigenvalue weighted by Gasteiger charge is 2.32. The minimum Gasteiger partial charge on any atom is -0.505 e. The summed E-state index contributed by atoms with van der Waals surface area (Å²) in [6.07, 6.45) is 0. The largest absolute Gasteiger partial charge is 0.505 e. The molecule has 4 aromatic rings. The van der Waals surface area contributed by atoms with Crippen molar-refractivity contribution in [2.24, 2.45) is 0 Å². The molecule has 0 aliphatic carbocycles. The SMILES string of the molecule is [B]c1c(O)c(O)c(O)c(O)c1-c1c(O)c(O)c(O)c2c1[nH]c1c(O)c(O)c(O)c(O)c12. The van der Waals surface area contributed by atoms with Crippen molar-refractivity contribution in [3.05, 3.63) is 0 Å². The average molecular weight is 429 g/mol. The van der Waals surface area contributed by atoms with E-state index in [9.17, 15) is 56.2 Å². The molecule has 1 aromatic heterocycles. The Hall–Kier alpha value is -4.68. The molecule has 31 heavy (non-hydrogen) atoms. The molecule has 0 fully saturated rings. The number of aromatic amines is 1. The average Bonchev–Trinajstić information content (AvgIpc) is 3.14. The molecule has 12 N–H and O–H groups in total. The normalized spacial score (nSPS) is 11.5. The lowest BCUT2D eigenvalue weighted by Gasteiger charge is -2.17. The van der Waals surface area contributed by atoms with Gasteiger partial charge < -0.3 is 61.2 Å². The van der Waals surface area contributed by atoms with Crippen LogP contribution in [0.15, 0.2) is 0 Å². The van der Waals surface area contributed by atoms with E-state index in [0.29, 0.717) is 0 Å². The zero-order valence-electron chi connectivity index (χ0n) is 15.0. The minimum absolute atomic E-state index is 0.440. The van der Waals surface area contributed by atoms with E-state index in [1.807, 2.05) is 0 Å². The lowest BCUT2D eigenvalue weighted by Crippen LogP contribution is -2.09. The molecule has 0 bridgehead atoms. The van der Waals surface area contributed by atoms with E-state index in [-0.39, 0.29) is 0 Å². The molecule has 0 unspecified atom stereocenters. The Morgan fingerprint density at radius 2 is 0.774 bits per heavy atom. The summed E-state index contributed by atoms with van der Waals surface area (Å²) < 4.78 is 0. The monoisotopic (exact) mass is 429 g/mol. The van der Waals surface area contributed by atoms with E-state index in [0.717, 1.165) is 0 Å². The Kier molecular flexibility index (Phi) is 3.75. The second kappa shape index (κ2) is 5.92. The van der Waals surface area contributed by atoms with E-state index in [2.05, 4.69) is 4.98 Å². The Morgan fingerprint density at radius 3 is 1.35 bits per heavy atom. The number of nitrogens with one attached hydrogen (secondary N) is 1. The number of fused-ring (bicyclic) bond motifs is 3.